The number of methoxy groups -OCH3 is 1. The molecule has 1 heterocycles. The minimum Gasteiger partial charge on any atom is -0.496 e. The number of hydrogen-bond donors (Lipinski definition) is 1. The molecular formula is C13H16N2OS. The predicted molar refractivity (Wildman–Crippen MR) is 71.8 cm³/mol. The fourth-order valence-electron chi connectivity index (χ4n) is 1.80. The minimum absolute atomic E-state index is 0.234. The molecule has 0 aliphatic heterocycles. The molecule has 0 aliphatic rings. The lowest BCUT2D eigenvalue weighted by molar-refractivity contribution is 0.406. The molecule has 17 heavy (non-hydrogen) atoms. The van der Waals surface area contributed by atoms with Crippen molar-refractivity contribution in [3.63, 3.8) is 0 Å². The molecule has 90 valence electrons. The average molecular weight is 248 g/mol. The quantitative estimate of drug-likeness (QED) is 0.875. The van der Waals surface area contributed by atoms with Crippen molar-refractivity contribution in [1.29, 1.82) is 0 Å². The Morgan fingerprint density at radius 1 is 1.41 bits per heavy atom. The Morgan fingerprint density at radius 3 is 2.88 bits per heavy atom. The number of hydrogen-bond acceptors (Lipinski definition) is 4. The van der Waals surface area contributed by atoms with Crippen molar-refractivity contribution >= 4 is 16.5 Å². The summed E-state index contributed by atoms with van der Waals surface area (Å²) in [5.74, 6) is 0.920. The lowest BCUT2D eigenvalue weighted by atomic mass is 10.0. The third-order valence-electron chi connectivity index (χ3n) is 2.65. The van der Waals surface area contributed by atoms with Gasteiger partial charge in [-0.1, -0.05) is 25.1 Å². The number of thiazole rings is 1. The maximum absolute atomic E-state index is 5.39. The molecule has 2 rings (SSSR count). The number of para-hydroxylation sites is 1. The number of benzene rings is 1. The van der Waals surface area contributed by atoms with Crippen LogP contribution in [0, 0.1) is 0 Å². The van der Waals surface area contributed by atoms with Crippen LogP contribution in [-0.2, 0) is 0 Å². The van der Waals surface area contributed by atoms with Gasteiger partial charge in [-0.3, -0.25) is 0 Å². The molecule has 0 aliphatic carbocycles. The fraction of sp³-hybridized carbons (Fsp3) is 0.308. The van der Waals surface area contributed by atoms with Crippen molar-refractivity contribution in [3.8, 4) is 5.75 Å². The molecule has 1 unspecified atom stereocenters. The van der Waals surface area contributed by atoms with Gasteiger partial charge in [0.05, 0.1) is 13.2 Å². The van der Waals surface area contributed by atoms with Crippen LogP contribution in [0.4, 0.5) is 5.13 Å². The molecule has 0 amide bonds. The van der Waals surface area contributed by atoms with Gasteiger partial charge < -0.3 is 10.1 Å². The summed E-state index contributed by atoms with van der Waals surface area (Å²) in [7, 11) is 1.70. The molecule has 2 aromatic rings. The van der Waals surface area contributed by atoms with Crippen LogP contribution in [0.3, 0.4) is 0 Å². The normalized spacial score (nSPS) is 12.1. The predicted octanol–water partition coefficient (Wildman–Crippen LogP) is 3.71. The van der Waals surface area contributed by atoms with E-state index in [4.69, 9.17) is 4.74 Å². The van der Waals surface area contributed by atoms with E-state index in [0.717, 1.165) is 17.3 Å². The summed E-state index contributed by atoms with van der Waals surface area (Å²) in [5.41, 5.74) is 1.17. The Balaban J connectivity index is 2.22. The molecule has 4 heteroatoms. The van der Waals surface area contributed by atoms with E-state index in [0.29, 0.717) is 0 Å². The Hall–Kier alpha value is -1.55. The molecule has 0 spiro atoms. The zero-order valence-electron chi connectivity index (χ0n) is 10.0. The van der Waals surface area contributed by atoms with Crippen molar-refractivity contribution in [2.75, 3.05) is 12.4 Å². The molecule has 0 radical (unpaired) electrons. The van der Waals surface area contributed by atoms with Crippen molar-refractivity contribution in [3.05, 3.63) is 41.4 Å². The van der Waals surface area contributed by atoms with Gasteiger partial charge in [0, 0.05) is 17.1 Å². The summed E-state index contributed by atoms with van der Waals surface area (Å²) in [6, 6.07) is 8.33. The number of aromatic nitrogens is 1. The first-order valence-electron chi connectivity index (χ1n) is 5.64. The fourth-order valence-corrected chi connectivity index (χ4v) is 2.38. The Morgan fingerprint density at radius 2 is 2.24 bits per heavy atom. The van der Waals surface area contributed by atoms with Crippen LogP contribution in [0.15, 0.2) is 35.8 Å². The molecule has 0 saturated carbocycles. The van der Waals surface area contributed by atoms with Crippen LogP contribution >= 0.6 is 11.3 Å². The molecule has 1 aromatic heterocycles. The first-order valence-corrected chi connectivity index (χ1v) is 6.52. The van der Waals surface area contributed by atoms with Gasteiger partial charge in [0.1, 0.15) is 5.75 Å². The van der Waals surface area contributed by atoms with E-state index in [-0.39, 0.29) is 6.04 Å². The molecule has 3 nitrogen and oxygen atoms in total. The van der Waals surface area contributed by atoms with Gasteiger partial charge >= 0.3 is 0 Å². The number of nitrogens with one attached hydrogen (secondary N) is 1. The summed E-state index contributed by atoms with van der Waals surface area (Å²) in [4.78, 5) is 4.25. The van der Waals surface area contributed by atoms with Gasteiger partial charge in [0.25, 0.3) is 0 Å². The van der Waals surface area contributed by atoms with Gasteiger partial charge in [-0.25, -0.2) is 4.98 Å². The van der Waals surface area contributed by atoms with Crippen LogP contribution in [0.1, 0.15) is 24.9 Å². The Kier molecular flexibility index (Phi) is 3.98. The van der Waals surface area contributed by atoms with Crippen LogP contribution in [0.25, 0.3) is 0 Å². The van der Waals surface area contributed by atoms with Crippen LogP contribution in [0.2, 0.25) is 0 Å². The molecule has 0 fully saturated rings. The van der Waals surface area contributed by atoms with E-state index in [2.05, 4.69) is 23.3 Å². The highest BCUT2D eigenvalue weighted by Gasteiger charge is 2.14. The third kappa shape index (κ3) is 2.77. The molecule has 1 atom stereocenters. The zero-order chi connectivity index (χ0) is 12.1. The standard InChI is InChI=1S/C13H16N2OS/c1-3-11(15-13-14-8-9-17-13)10-6-4-5-7-12(10)16-2/h4-9,11H,3H2,1-2H3,(H,14,15). The first-order chi connectivity index (χ1) is 8.35. The maximum Gasteiger partial charge on any atom is 0.183 e. The number of ether oxygens (including phenoxy) is 1. The van der Waals surface area contributed by atoms with E-state index in [1.165, 1.54) is 5.56 Å². The maximum atomic E-state index is 5.39. The van der Waals surface area contributed by atoms with Crippen molar-refractivity contribution < 1.29 is 4.74 Å². The molecular weight excluding hydrogens is 232 g/mol. The molecule has 1 N–H and O–H groups in total. The first kappa shape index (κ1) is 11.9. The largest absolute Gasteiger partial charge is 0.496 e. The van der Waals surface area contributed by atoms with Crippen LogP contribution < -0.4 is 10.1 Å². The van der Waals surface area contributed by atoms with Crippen LogP contribution in [-0.4, -0.2) is 12.1 Å². The van der Waals surface area contributed by atoms with E-state index in [1.54, 1.807) is 18.4 Å². The second-order valence-corrected chi connectivity index (χ2v) is 4.58. The summed E-state index contributed by atoms with van der Waals surface area (Å²) >= 11 is 1.61. The van der Waals surface area contributed by atoms with E-state index >= 15 is 0 Å². The van der Waals surface area contributed by atoms with Gasteiger partial charge in [-0.05, 0) is 12.5 Å². The SMILES string of the molecule is CCC(Nc1nccs1)c1ccccc1OC. The van der Waals surface area contributed by atoms with Crippen molar-refractivity contribution in [1.82, 2.24) is 4.98 Å². The summed E-state index contributed by atoms with van der Waals surface area (Å²) in [6.07, 6.45) is 2.79. The lowest BCUT2D eigenvalue weighted by Crippen LogP contribution is -2.10. The number of anilines is 1. The lowest BCUT2D eigenvalue weighted by Gasteiger charge is -2.19. The minimum atomic E-state index is 0.234. The number of nitrogens with zero attached hydrogens (tertiary/aromatic N) is 1. The van der Waals surface area contributed by atoms with Gasteiger partial charge in [-0.2, -0.15) is 0 Å². The van der Waals surface area contributed by atoms with Crippen molar-refractivity contribution in [2.45, 2.75) is 19.4 Å². The van der Waals surface area contributed by atoms with E-state index in [1.807, 2.05) is 29.8 Å². The Bertz CT molecular complexity index is 456. The highest BCUT2D eigenvalue weighted by atomic mass is 32.1. The van der Waals surface area contributed by atoms with Crippen molar-refractivity contribution in [2.24, 2.45) is 0 Å². The zero-order valence-corrected chi connectivity index (χ0v) is 10.8. The van der Waals surface area contributed by atoms with E-state index < -0.39 is 0 Å². The Labute approximate surface area is 105 Å². The topological polar surface area (TPSA) is 34.2 Å². The second-order valence-electron chi connectivity index (χ2n) is 3.68. The van der Waals surface area contributed by atoms with Gasteiger partial charge in [0.15, 0.2) is 5.13 Å². The molecule has 0 saturated heterocycles. The van der Waals surface area contributed by atoms with Crippen LogP contribution in [0.5, 0.6) is 5.75 Å². The summed E-state index contributed by atoms with van der Waals surface area (Å²) in [5, 5.41) is 6.34. The molecule has 1 aromatic carbocycles. The van der Waals surface area contributed by atoms with E-state index in [9.17, 15) is 0 Å². The average Bonchev–Trinajstić information content (AvgIpc) is 2.89. The highest BCUT2D eigenvalue weighted by molar-refractivity contribution is 7.13. The summed E-state index contributed by atoms with van der Waals surface area (Å²) in [6.45, 7) is 2.15. The molecule has 0 bridgehead atoms. The number of rotatable bonds is 5. The third-order valence-corrected chi connectivity index (χ3v) is 3.36. The smallest absolute Gasteiger partial charge is 0.183 e. The van der Waals surface area contributed by atoms with Gasteiger partial charge in [-0.15, -0.1) is 11.3 Å². The monoisotopic (exact) mass is 248 g/mol. The highest BCUT2D eigenvalue weighted by Crippen LogP contribution is 2.30. The second kappa shape index (κ2) is 5.68. The summed E-state index contributed by atoms with van der Waals surface area (Å²) < 4.78 is 5.39. The van der Waals surface area contributed by atoms with Gasteiger partial charge in [0.2, 0.25) is 0 Å².